The molecule has 213 valence electrons. The second-order valence-electron chi connectivity index (χ2n) is 13.9. The molecule has 0 N–H and O–H groups in total. The summed E-state index contributed by atoms with van der Waals surface area (Å²) in [6.07, 6.45) is 5.12. The van der Waals surface area contributed by atoms with Crippen LogP contribution in [0.3, 0.4) is 0 Å². The van der Waals surface area contributed by atoms with E-state index in [1.54, 1.807) is 27.5 Å². The fraction of sp³-hybridized carbons (Fsp3) is 0.171. The quantitative estimate of drug-likeness (QED) is 0.152. The molecule has 0 saturated heterocycles. The molecular weight excluding hydrogens is 699 g/mol. The van der Waals surface area contributed by atoms with E-state index in [-0.39, 0.29) is 0 Å². The van der Waals surface area contributed by atoms with Crippen molar-refractivity contribution in [1.29, 1.82) is 0 Å². The van der Waals surface area contributed by atoms with Crippen molar-refractivity contribution in [1.82, 2.24) is 0 Å². The molecule has 0 bridgehead atoms. The average Bonchev–Trinajstić information content (AvgIpc) is 3.58. The van der Waals surface area contributed by atoms with Crippen LogP contribution in [0.1, 0.15) is 43.5 Å². The Balaban J connectivity index is 1.48. The van der Waals surface area contributed by atoms with E-state index in [1.807, 2.05) is 0 Å². The Morgan fingerprint density at radius 1 is 0.488 bits per heavy atom. The molecule has 3 unspecified atom stereocenters. The Morgan fingerprint density at radius 2 is 0.884 bits per heavy atom. The van der Waals surface area contributed by atoms with E-state index >= 15 is 0 Å². The first-order valence-electron chi connectivity index (χ1n) is 15.8. The number of hydrogen-bond acceptors (Lipinski definition) is 0. The van der Waals surface area contributed by atoms with Crippen molar-refractivity contribution in [2.75, 3.05) is 0 Å². The molecule has 2 aliphatic rings. The normalized spacial score (nSPS) is 19.0. The maximum atomic E-state index is 2.87. The fourth-order valence-corrected chi connectivity index (χ4v) is 64.5. The number of hydrogen-bond donors (Lipinski definition) is 0. The van der Waals surface area contributed by atoms with Crippen molar-refractivity contribution in [2.24, 2.45) is 0 Å². The molecule has 0 amide bonds. The van der Waals surface area contributed by atoms with Crippen molar-refractivity contribution in [3.05, 3.63) is 161 Å². The molecular formula is C41H41HfSi. The Hall–Kier alpha value is -3.33. The molecule has 0 aliphatic heterocycles. The van der Waals surface area contributed by atoms with Crippen LogP contribution in [0, 0.1) is 0 Å². The van der Waals surface area contributed by atoms with Gasteiger partial charge in [0, 0.05) is 0 Å². The average molecular weight is 740 g/mol. The Labute approximate surface area is 259 Å². The van der Waals surface area contributed by atoms with Gasteiger partial charge in [-0.15, -0.1) is 0 Å². The number of fused-ring (bicyclic) bond motifs is 2. The topological polar surface area (TPSA) is 0 Å². The summed E-state index contributed by atoms with van der Waals surface area (Å²) in [5.74, 6) is -1.45. The van der Waals surface area contributed by atoms with Crippen LogP contribution >= 0.6 is 0 Å². The first-order valence-corrected chi connectivity index (χ1v) is 35.6. The van der Waals surface area contributed by atoms with Crippen molar-refractivity contribution < 1.29 is 17.7 Å². The van der Waals surface area contributed by atoms with E-state index in [2.05, 4.69) is 169 Å². The molecule has 3 atom stereocenters. The molecule has 0 nitrogen and oxygen atoms in total. The second-order valence-corrected chi connectivity index (χ2v) is 64.0. The summed E-state index contributed by atoms with van der Waals surface area (Å²) in [6.45, 7) is 7.61. The monoisotopic (exact) mass is 741 g/mol. The molecule has 0 heterocycles. The standard InChI is InChI=1S/2C16H13.C7H9Si.2CH3.Hf/c2*1-12-10-14-8-5-9-15(16(14)11-12)13-6-3-2-4-7-13;1-8-7-5-3-2-4-6-7;;;/h2*2-11H,1H3;2-6,8H,1H3;2*1H3;. The van der Waals surface area contributed by atoms with Gasteiger partial charge in [0.25, 0.3) is 0 Å². The number of allylic oxidation sites excluding steroid dienone is 2. The van der Waals surface area contributed by atoms with Crippen molar-refractivity contribution >= 4 is 23.3 Å². The van der Waals surface area contributed by atoms with Gasteiger partial charge in [0.15, 0.2) is 0 Å². The minimum atomic E-state index is -4.09. The Bertz CT molecular complexity index is 1770. The van der Waals surface area contributed by atoms with Gasteiger partial charge in [0.2, 0.25) is 0 Å². The first-order chi connectivity index (χ1) is 20.8. The summed E-state index contributed by atoms with van der Waals surface area (Å²) < 4.78 is 6.77. The van der Waals surface area contributed by atoms with Gasteiger partial charge in [-0.2, -0.15) is 0 Å². The molecule has 7 rings (SSSR count). The van der Waals surface area contributed by atoms with E-state index in [9.17, 15) is 0 Å². The predicted octanol–water partition coefficient (Wildman–Crippen LogP) is 10.7. The molecule has 2 aliphatic carbocycles. The Kier molecular flexibility index (Phi) is 7.06. The zero-order valence-electron chi connectivity index (χ0n) is 26.0. The first kappa shape index (κ1) is 28.4. The van der Waals surface area contributed by atoms with Crippen LogP contribution in [0.15, 0.2) is 139 Å². The van der Waals surface area contributed by atoms with Crippen LogP contribution in [0.25, 0.3) is 34.4 Å². The maximum absolute atomic E-state index is 4.09. The van der Waals surface area contributed by atoms with Crippen molar-refractivity contribution in [3.8, 4) is 22.3 Å². The molecule has 0 spiro atoms. The zero-order chi connectivity index (χ0) is 29.8. The minimum absolute atomic E-state index is 0.511. The van der Waals surface area contributed by atoms with Gasteiger partial charge in [0.05, 0.1) is 0 Å². The molecule has 2 heteroatoms. The third-order valence-electron chi connectivity index (χ3n) is 11.2. The summed E-state index contributed by atoms with van der Waals surface area (Å²) in [7, 11) is 0. The molecule has 0 aromatic heterocycles. The van der Waals surface area contributed by atoms with Crippen LogP contribution in [0.4, 0.5) is 0 Å². The van der Waals surface area contributed by atoms with Gasteiger partial charge >= 0.3 is 261 Å². The number of benzene rings is 5. The Morgan fingerprint density at radius 3 is 1.30 bits per heavy atom. The second kappa shape index (κ2) is 10.7. The van der Waals surface area contributed by atoms with E-state index in [1.165, 1.54) is 33.4 Å². The van der Waals surface area contributed by atoms with Crippen LogP contribution in [-0.2, 0) is 17.7 Å². The van der Waals surface area contributed by atoms with Gasteiger partial charge < -0.3 is 0 Å². The molecule has 0 radical (unpaired) electrons. The van der Waals surface area contributed by atoms with E-state index < -0.39 is 23.7 Å². The molecule has 0 fully saturated rings. The SMILES string of the molecule is CC1=Cc2c(-c3ccccc3)cccc2[CH]1[Hf]([CH3])([CH3])([CH]1C(C)=Cc2c(-c3ccccc3)cccc21)[SiH](C)c1ccccc1. The summed E-state index contributed by atoms with van der Waals surface area (Å²) in [4.78, 5) is 0. The van der Waals surface area contributed by atoms with Crippen LogP contribution in [0.2, 0.25) is 15.9 Å². The van der Waals surface area contributed by atoms with Gasteiger partial charge in [0.1, 0.15) is 0 Å². The summed E-state index contributed by atoms with van der Waals surface area (Å²) in [5, 5.41) is 1.63. The van der Waals surface area contributed by atoms with Gasteiger partial charge in [-0.25, -0.2) is 0 Å². The van der Waals surface area contributed by atoms with Crippen LogP contribution < -0.4 is 5.19 Å². The zero-order valence-corrected chi connectivity index (χ0v) is 30.8. The third-order valence-corrected chi connectivity index (χ3v) is 72.4. The van der Waals surface area contributed by atoms with Gasteiger partial charge in [-0.3, -0.25) is 0 Å². The fourth-order valence-electron chi connectivity index (χ4n) is 9.19. The van der Waals surface area contributed by atoms with Gasteiger partial charge in [-0.05, 0) is 0 Å². The van der Waals surface area contributed by atoms with E-state index in [4.69, 9.17) is 0 Å². The molecule has 0 saturated carbocycles. The molecule has 43 heavy (non-hydrogen) atoms. The van der Waals surface area contributed by atoms with Crippen molar-refractivity contribution in [2.45, 2.75) is 37.1 Å². The van der Waals surface area contributed by atoms with E-state index in [0.717, 1.165) is 0 Å². The predicted molar refractivity (Wildman–Crippen MR) is 187 cm³/mol. The van der Waals surface area contributed by atoms with Gasteiger partial charge in [-0.1, -0.05) is 0 Å². The summed E-state index contributed by atoms with van der Waals surface area (Å²) >= 11 is -4.09. The summed E-state index contributed by atoms with van der Waals surface area (Å²) in [5.41, 5.74) is 14.6. The third kappa shape index (κ3) is 4.40. The molecule has 5 aromatic rings. The summed E-state index contributed by atoms with van der Waals surface area (Å²) in [6, 6.07) is 47.9. The van der Waals surface area contributed by atoms with Crippen LogP contribution in [-0.4, -0.2) is 5.98 Å². The van der Waals surface area contributed by atoms with Crippen molar-refractivity contribution in [3.63, 3.8) is 0 Å². The van der Waals surface area contributed by atoms with E-state index in [0.29, 0.717) is 7.35 Å². The molecule has 5 aromatic carbocycles. The number of rotatable bonds is 6. The van der Waals surface area contributed by atoms with Crippen LogP contribution in [0.5, 0.6) is 0 Å².